The van der Waals surface area contributed by atoms with Gasteiger partial charge in [0.15, 0.2) is 0 Å². The highest BCUT2D eigenvalue weighted by molar-refractivity contribution is 5.17. The Kier molecular flexibility index (Phi) is 3.95. The Balaban J connectivity index is 2.67. The second-order valence-corrected chi connectivity index (χ2v) is 3.06. The molecule has 0 aliphatic rings. The lowest BCUT2D eigenvalue weighted by molar-refractivity contribution is 0.102. The summed E-state index contributed by atoms with van der Waals surface area (Å²) in [6, 6.07) is 4.79. The lowest BCUT2D eigenvalue weighted by atomic mass is 10.1. The Morgan fingerprint density at radius 1 is 1.36 bits per heavy atom. The predicted octanol–water partition coefficient (Wildman–Crippen LogP) is 2.22. The fourth-order valence-electron chi connectivity index (χ4n) is 1.24. The van der Waals surface area contributed by atoms with E-state index in [2.05, 4.69) is 5.32 Å². The molecule has 0 spiro atoms. The van der Waals surface area contributed by atoms with Crippen LogP contribution in [-0.2, 0) is 6.42 Å². The summed E-state index contributed by atoms with van der Waals surface area (Å²) in [6.45, 7) is 0. The largest absolute Gasteiger partial charge is 0.312 e. The minimum absolute atomic E-state index is 0.131. The zero-order chi connectivity index (χ0) is 10.6. The van der Waals surface area contributed by atoms with Gasteiger partial charge in [-0.3, -0.25) is 0 Å². The van der Waals surface area contributed by atoms with Crippen LogP contribution in [-0.4, -0.2) is 19.5 Å². The Morgan fingerprint density at radius 3 is 2.57 bits per heavy atom. The molecule has 0 saturated heterocycles. The molecule has 1 N–H and O–H groups in total. The van der Waals surface area contributed by atoms with Crippen LogP contribution in [0.4, 0.5) is 13.2 Å². The summed E-state index contributed by atoms with van der Waals surface area (Å²) in [5, 5.41) is 2.50. The summed E-state index contributed by atoms with van der Waals surface area (Å²) < 4.78 is 37.4. The highest BCUT2D eigenvalue weighted by Crippen LogP contribution is 2.10. The standard InChI is InChI=1S/C10H12F3N/c1-14-9(10(12)13)6-7-3-2-4-8(11)5-7/h2-5,9-10,14H,6H2,1H3. The molecule has 14 heavy (non-hydrogen) atoms. The molecule has 0 fully saturated rings. The van der Waals surface area contributed by atoms with E-state index < -0.39 is 18.3 Å². The van der Waals surface area contributed by atoms with Gasteiger partial charge >= 0.3 is 0 Å². The monoisotopic (exact) mass is 203 g/mol. The molecule has 0 heterocycles. The Hall–Kier alpha value is -1.03. The van der Waals surface area contributed by atoms with Crippen LogP contribution in [0, 0.1) is 5.82 Å². The molecule has 0 aliphatic heterocycles. The molecule has 1 aromatic rings. The molecule has 1 atom stereocenters. The number of rotatable bonds is 4. The van der Waals surface area contributed by atoms with E-state index in [1.54, 1.807) is 6.07 Å². The van der Waals surface area contributed by atoms with Crippen molar-refractivity contribution in [3.05, 3.63) is 35.6 Å². The quantitative estimate of drug-likeness (QED) is 0.791. The van der Waals surface area contributed by atoms with Gasteiger partial charge < -0.3 is 5.32 Å². The van der Waals surface area contributed by atoms with E-state index in [-0.39, 0.29) is 6.42 Å². The highest BCUT2D eigenvalue weighted by atomic mass is 19.3. The van der Waals surface area contributed by atoms with E-state index in [0.29, 0.717) is 5.56 Å². The first-order chi connectivity index (χ1) is 6.63. The van der Waals surface area contributed by atoms with Gasteiger partial charge in [-0.2, -0.15) is 0 Å². The van der Waals surface area contributed by atoms with Gasteiger partial charge in [-0.05, 0) is 31.2 Å². The third-order valence-corrected chi connectivity index (χ3v) is 2.02. The molecule has 1 unspecified atom stereocenters. The van der Waals surface area contributed by atoms with Gasteiger partial charge in [-0.25, -0.2) is 13.2 Å². The lowest BCUT2D eigenvalue weighted by Crippen LogP contribution is -2.34. The molecule has 0 amide bonds. The maximum absolute atomic E-state index is 12.7. The summed E-state index contributed by atoms with van der Waals surface area (Å²) in [5.41, 5.74) is 0.574. The fraction of sp³-hybridized carbons (Fsp3) is 0.400. The molecule has 1 nitrogen and oxygen atoms in total. The van der Waals surface area contributed by atoms with Crippen LogP contribution in [0.25, 0.3) is 0 Å². The van der Waals surface area contributed by atoms with Gasteiger partial charge in [0.2, 0.25) is 0 Å². The molecular weight excluding hydrogens is 191 g/mol. The first-order valence-corrected chi connectivity index (χ1v) is 4.33. The van der Waals surface area contributed by atoms with Crippen molar-refractivity contribution in [1.82, 2.24) is 5.32 Å². The lowest BCUT2D eigenvalue weighted by Gasteiger charge is -2.14. The Labute approximate surface area is 80.9 Å². The van der Waals surface area contributed by atoms with E-state index in [4.69, 9.17) is 0 Å². The molecule has 0 aromatic heterocycles. The number of hydrogen-bond donors (Lipinski definition) is 1. The van der Waals surface area contributed by atoms with Gasteiger partial charge in [0, 0.05) is 0 Å². The molecule has 78 valence electrons. The fourth-order valence-corrected chi connectivity index (χ4v) is 1.24. The van der Waals surface area contributed by atoms with Crippen LogP contribution < -0.4 is 5.32 Å². The van der Waals surface area contributed by atoms with Crippen molar-refractivity contribution in [2.24, 2.45) is 0 Å². The van der Waals surface area contributed by atoms with Gasteiger partial charge in [0.05, 0.1) is 6.04 Å². The summed E-state index contributed by atoms with van der Waals surface area (Å²) in [4.78, 5) is 0. The number of halogens is 3. The smallest absolute Gasteiger partial charge is 0.254 e. The van der Waals surface area contributed by atoms with E-state index >= 15 is 0 Å². The normalized spacial score (nSPS) is 13.2. The molecule has 0 bridgehead atoms. The van der Waals surface area contributed by atoms with E-state index in [0.717, 1.165) is 0 Å². The van der Waals surface area contributed by atoms with Crippen LogP contribution in [0.1, 0.15) is 5.56 Å². The minimum atomic E-state index is -2.44. The first kappa shape index (κ1) is 11.0. The third kappa shape index (κ3) is 3.03. The van der Waals surface area contributed by atoms with Crippen molar-refractivity contribution in [3.8, 4) is 0 Å². The summed E-state index contributed by atoms with van der Waals surface area (Å²) >= 11 is 0. The highest BCUT2D eigenvalue weighted by Gasteiger charge is 2.18. The second-order valence-electron chi connectivity index (χ2n) is 3.06. The zero-order valence-corrected chi connectivity index (χ0v) is 7.81. The van der Waals surface area contributed by atoms with Crippen LogP contribution >= 0.6 is 0 Å². The van der Waals surface area contributed by atoms with Crippen molar-refractivity contribution in [2.45, 2.75) is 18.9 Å². The molecule has 4 heteroatoms. The van der Waals surface area contributed by atoms with Gasteiger partial charge in [-0.1, -0.05) is 12.1 Å². The number of benzene rings is 1. The van der Waals surface area contributed by atoms with Crippen molar-refractivity contribution in [1.29, 1.82) is 0 Å². The molecule has 1 aromatic carbocycles. The summed E-state index contributed by atoms with van der Waals surface area (Å²) in [7, 11) is 1.47. The molecule has 0 saturated carbocycles. The van der Waals surface area contributed by atoms with Crippen molar-refractivity contribution in [3.63, 3.8) is 0 Å². The van der Waals surface area contributed by atoms with Crippen molar-refractivity contribution in [2.75, 3.05) is 7.05 Å². The average Bonchev–Trinajstić information content (AvgIpc) is 2.14. The maximum atomic E-state index is 12.7. The Morgan fingerprint density at radius 2 is 2.07 bits per heavy atom. The number of nitrogens with one attached hydrogen (secondary N) is 1. The minimum Gasteiger partial charge on any atom is -0.312 e. The number of alkyl halides is 2. The van der Waals surface area contributed by atoms with Gasteiger partial charge in [0.25, 0.3) is 6.43 Å². The topological polar surface area (TPSA) is 12.0 Å². The van der Waals surface area contributed by atoms with Crippen LogP contribution in [0.5, 0.6) is 0 Å². The van der Waals surface area contributed by atoms with Crippen molar-refractivity contribution < 1.29 is 13.2 Å². The van der Waals surface area contributed by atoms with E-state index in [1.807, 2.05) is 0 Å². The van der Waals surface area contributed by atoms with Crippen LogP contribution in [0.2, 0.25) is 0 Å². The number of likely N-dealkylation sites (N-methyl/N-ethyl adjacent to an activating group) is 1. The second kappa shape index (κ2) is 5.00. The zero-order valence-electron chi connectivity index (χ0n) is 7.81. The Bertz CT molecular complexity index is 288. The molecular formula is C10H12F3N. The van der Waals surface area contributed by atoms with E-state index in [1.165, 1.54) is 25.2 Å². The van der Waals surface area contributed by atoms with Crippen LogP contribution in [0.3, 0.4) is 0 Å². The third-order valence-electron chi connectivity index (χ3n) is 2.02. The predicted molar refractivity (Wildman–Crippen MR) is 49.0 cm³/mol. The van der Waals surface area contributed by atoms with Gasteiger partial charge in [0.1, 0.15) is 5.82 Å². The number of hydrogen-bond acceptors (Lipinski definition) is 1. The molecule has 1 rings (SSSR count). The van der Waals surface area contributed by atoms with E-state index in [9.17, 15) is 13.2 Å². The SMILES string of the molecule is CNC(Cc1cccc(F)c1)C(F)F. The van der Waals surface area contributed by atoms with Crippen molar-refractivity contribution >= 4 is 0 Å². The van der Waals surface area contributed by atoms with Gasteiger partial charge in [-0.15, -0.1) is 0 Å². The van der Waals surface area contributed by atoms with Crippen LogP contribution in [0.15, 0.2) is 24.3 Å². The maximum Gasteiger partial charge on any atom is 0.254 e. The molecule has 0 aliphatic carbocycles. The summed E-state index contributed by atoms with van der Waals surface area (Å²) in [6.07, 6.45) is -2.31. The first-order valence-electron chi connectivity index (χ1n) is 4.33. The average molecular weight is 203 g/mol. The molecule has 0 radical (unpaired) electrons. The summed E-state index contributed by atoms with van der Waals surface area (Å²) in [5.74, 6) is -0.397.